The summed E-state index contributed by atoms with van der Waals surface area (Å²) in [6.45, 7) is 1.67. The maximum absolute atomic E-state index is 12.5. The molecule has 1 N–H and O–H groups in total. The van der Waals surface area contributed by atoms with Gasteiger partial charge in [0.05, 0.1) is 5.56 Å². The molecule has 4 heteroatoms. The number of hydrogen-bond donors (Lipinski definition) is 1. The van der Waals surface area contributed by atoms with E-state index in [1.165, 1.54) is 44.2 Å². The van der Waals surface area contributed by atoms with Crippen LogP contribution in [0.4, 0.5) is 0 Å². The van der Waals surface area contributed by atoms with Gasteiger partial charge in [0.15, 0.2) is 0 Å². The molecule has 4 nitrogen and oxygen atoms in total. The molecule has 1 heterocycles. The van der Waals surface area contributed by atoms with Gasteiger partial charge >= 0.3 is 5.97 Å². The van der Waals surface area contributed by atoms with Crippen LogP contribution in [0.3, 0.4) is 0 Å². The summed E-state index contributed by atoms with van der Waals surface area (Å²) in [7, 11) is 0. The van der Waals surface area contributed by atoms with Crippen molar-refractivity contribution >= 4 is 11.9 Å². The molecule has 118 valence electrons. The molecule has 1 spiro atoms. The van der Waals surface area contributed by atoms with Crippen molar-refractivity contribution < 1.29 is 14.7 Å². The van der Waals surface area contributed by atoms with Crippen molar-refractivity contribution in [1.29, 1.82) is 0 Å². The second kappa shape index (κ2) is 6.11. The molecule has 1 aliphatic heterocycles. The lowest BCUT2D eigenvalue weighted by molar-refractivity contribution is 0.0471. The Morgan fingerprint density at radius 3 is 1.95 bits per heavy atom. The Labute approximate surface area is 131 Å². The fourth-order valence-electron chi connectivity index (χ4n) is 3.92. The van der Waals surface area contributed by atoms with Crippen molar-refractivity contribution in [3.63, 3.8) is 0 Å². The van der Waals surface area contributed by atoms with Crippen LogP contribution in [0.1, 0.15) is 65.7 Å². The number of piperidine rings is 1. The molecule has 3 rings (SSSR count). The highest BCUT2D eigenvalue weighted by Gasteiger charge is 2.36. The normalized spacial score (nSPS) is 20.8. The molecular weight excluding hydrogens is 278 g/mol. The van der Waals surface area contributed by atoms with Crippen molar-refractivity contribution in [3.8, 4) is 0 Å². The topological polar surface area (TPSA) is 57.6 Å². The zero-order chi connectivity index (χ0) is 15.6. The maximum Gasteiger partial charge on any atom is 0.335 e. The van der Waals surface area contributed by atoms with Gasteiger partial charge in [0.1, 0.15) is 0 Å². The molecule has 0 atom stereocenters. The smallest absolute Gasteiger partial charge is 0.335 e. The second-order valence-electron chi connectivity index (χ2n) is 6.74. The van der Waals surface area contributed by atoms with Gasteiger partial charge in [0, 0.05) is 18.7 Å². The third-order valence-corrected chi connectivity index (χ3v) is 5.40. The number of benzene rings is 1. The van der Waals surface area contributed by atoms with Crippen LogP contribution in [0.25, 0.3) is 0 Å². The average Bonchev–Trinajstić information content (AvgIpc) is 2.56. The van der Waals surface area contributed by atoms with E-state index >= 15 is 0 Å². The van der Waals surface area contributed by atoms with Crippen LogP contribution < -0.4 is 0 Å². The van der Waals surface area contributed by atoms with Crippen LogP contribution in [0.15, 0.2) is 24.3 Å². The zero-order valence-corrected chi connectivity index (χ0v) is 12.9. The Morgan fingerprint density at radius 2 is 1.41 bits per heavy atom. The monoisotopic (exact) mass is 301 g/mol. The van der Waals surface area contributed by atoms with Crippen LogP contribution in [-0.4, -0.2) is 35.0 Å². The molecular formula is C18H23NO3. The molecule has 0 unspecified atom stereocenters. The van der Waals surface area contributed by atoms with Crippen LogP contribution in [0.5, 0.6) is 0 Å². The van der Waals surface area contributed by atoms with Crippen molar-refractivity contribution in [3.05, 3.63) is 35.4 Å². The SMILES string of the molecule is O=C(O)c1ccc(C(=O)N2CCC3(CCCCC3)CC2)cc1. The molecule has 2 aliphatic rings. The van der Waals surface area contributed by atoms with E-state index in [0.29, 0.717) is 11.0 Å². The predicted molar refractivity (Wildman–Crippen MR) is 84.1 cm³/mol. The molecule has 1 saturated heterocycles. The number of amides is 1. The lowest BCUT2D eigenvalue weighted by atomic mass is 9.68. The van der Waals surface area contributed by atoms with E-state index in [2.05, 4.69) is 0 Å². The van der Waals surface area contributed by atoms with Gasteiger partial charge in [0.25, 0.3) is 5.91 Å². The van der Waals surface area contributed by atoms with E-state index in [4.69, 9.17) is 5.11 Å². The summed E-state index contributed by atoms with van der Waals surface area (Å²) in [6, 6.07) is 6.25. The summed E-state index contributed by atoms with van der Waals surface area (Å²) in [6.07, 6.45) is 8.91. The van der Waals surface area contributed by atoms with Crippen molar-refractivity contribution in [2.75, 3.05) is 13.1 Å². The van der Waals surface area contributed by atoms with Gasteiger partial charge in [-0.2, -0.15) is 0 Å². The largest absolute Gasteiger partial charge is 0.478 e. The lowest BCUT2D eigenvalue weighted by Crippen LogP contribution is -2.43. The van der Waals surface area contributed by atoms with Gasteiger partial charge in [-0.15, -0.1) is 0 Å². The predicted octanol–water partition coefficient (Wildman–Crippen LogP) is 3.57. The molecule has 0 bridgehead atoms. The summed E-state index contributed by atoms with van der Waals surface area (Å²) in [5.41, 5.74) is 1.29. The van der Waals surface area contributed by atoms with Gasteiger partial charge in [-0.05, 0) is 55.4 Å². The van der Waals surface area contributed by atoms with Crippen LogP contribution in [0, 0.1) is 5.41 Å². The van der Waals surface area contributed by atoms with Gasteiger partial charge in [-0.25, -0.2) is 4.79 Å². The minimum Gasteiger partial charge on any atom is -0.478 e. The number of hydrogen-bond acceptors (Lipinski definition) is 2. The van der Waals surface area contributed by atoms with Crippen molar-refractivity contribution in [2.24, 2.45) is 5.41 Å². The molecule has 1 aromatic carbocycles. The Kier molecular flexibility index (Phi) is 4.19. The molecule has 2 fully saturated rings. The minimum absolute atomic E-state index is 0.0302. The highest BCUT2D eigenvalue weighted by molar-refractivity contribution is 5.95. The number of rotatable bonds is 2. The van der Waals surface area contributed by atoms with E-state index in [9.17, 15) is 9.59 Å². The zero-order valence-electron chi connectivity index (χ0n) is 12.9. The lowest BCUT2D eigenvalue weighted by Gasteiger charge is -2.44. The van der Waals surface area contributed by atoms with Crippen molar-refractivity contribution in [1.82, 2.24) is 4.90 Å². The minimum atomic E-state index is -0.962. The number of carbonyl (C=O) groups excluding carboxylic acids is 1. The first kappa shape index (κ1) is 15.1. The van der Waals surface area contributed by atoms with E-state index in [-0.39, 0.29) is 11.5 Å². The van der Waals surface area contributed by atoms with Crippen molar-refractivity contribution in [2.45, 2.75) is 44.9 Å². The van der Waals surface area contributed by atoms with Gasteiger partial charge < -0.3 is 10.0 Å². The third kappa shape index (κ3) is 3.01. The van der Waals surface area contributed by atoms with E-state index in [1.807, 2.05) is 4.90 Å². The van der Waals surface area contributed by atoms with Gasteiger partial charge in [-0.1, -0.05) is 19.3 Å². The molecule has 0 radical (unpaired) electrons. The van der Waals surface area contributed by atoms with Gasteiger partial charge in [0.2, 0.25) is 0 Å². The van der Waals surface area contributed by atoms with Gasteiger partial charge in [-0.3, -0.25) is 4.79 Å². The number of carboxylic acid groups (broad SMARTS) is 1. The Hall–Kier alpha value is -1.84. The van der Waals surface area contributed by atoms with Crippen LogP contribution in [0.2, 0.25) is 0 Å². The fourth-order valence-corrected chi connectivity index (χ4v) is 3.92. The summed E-state index contributed by atoms with van der Waals surface area (Å²) < 4.78 is 0. The summed E-state index contributed by atoms with van der Waals surface area (Å²) in [4.78, 5) is 25.3. The number of aromatic carboxylic acids is 1. The molecule has 1 aromatic rings. The number of nitrogens with zero attached hydrogens (tertiary/aromatic N) is 1. The molecule has 1 saturated carbocycles. The Bertz CT molecular complexity index is 548. The number of carboxylic acids is 1. The summed E-state index contributed by atoms with van der Waals surface area (Å²) in [5.74, 6) is -0.932. The maximum atomic E-state index is 12.5. The Morgan fingerprint density at radius 1 is 0.864 bits per heavy atom. The van der Waals surface area contributed by atoms with E-state index in [1.54, 1.807) is 12.1 Å². The third-order valence-electron chi connectivity index (χ3n) is 5.40. The molecule has 0 aromatic heterocycles. The Balaban J connectivity index is 1.63. The standard InChI is InChI=1S/C18H23NO3/c20-16(14-4-6-15(7-5-14)17(21)22)19-12-10-18(11-13-19)8-2-1-3-9-18/h4-7H,1-3,8-13H2,(H,21,22). The molecule has 22 heavy (non-hydrogen) atoms. The quantitative estimate of drug-likeness (QED) is 0.908. The summed E-state index contributed by atoms with van der Waals surface area (Å²) in [5, 5.41) is 8.91. The first-order valence-electron chi connectivity index (χ1n) is 8.22. The highest BCUT2D eigenvalue weighted by atomic mass is 16.4. The van der Waals surface area contributed by atoms with Crippen LogP contribution >= 0.6 is 0 Å². The van der Waals surface area contributed by atoms with E-state index in [0.717, 1.165) is 25.9 Å². The van der Waals surface area contributed by atoms with Crippen LogP contribution in [-0.2, 0) is 0 Å². The number of carbonyl (C=O) groups is 2. The first-order chi connectivity index (χ1) is 10.6. The number of likely N-dealkylation sites (tertiary alicyclic amines) is 1. The van der Waals surface area contributed by atoms with E-state index < -0.39 is 5.97 Å². The highest BCUT2D eigenvalue weighted by Crippen LogP contribution is 2.44. The first-order valence-corrected chi connectivity index (χ1v) is 8.22. The second-order valence-corrected chi connectivity index (χ2v) is 6.74. The fraction of sp³-hybridized carbons (Fsp3) is 0.556. The molecule has 1 amide bonds. The average molecular weight is 301 g/mol. The molecule has 1 aliphatic carbocycles. The summed E-state index contributed by atoms with van der Waals surface area (Å²) >= 11 is 0.